The predicted octanol–water partition coefficient (Wildman–Crippen LogP) is 11.6. The molecule has 2 atom stereocenters. The highest BCUT2D eigenvalue weighted by Crippen LogP contribution is 2.59. The van der Waals surface area contributed by atoms with Gasteiger partial charge in [0.2, 0.25) is 0 Å². The van der Waals surface area contributed by atoms with Crippen molar-refractivity contribution in [1.29, 1.82) is 0 Å². The summed E-state index contributed by atoms with van der Waals surface area (Å²) in [7, 11) is 0. The van der Waals surface area contributed by atoms with Crippen LogP contribution in [0.25, 0.3) is 54.6 Å². The van der Waals surface area contributed by atoms with Crippen molar-refractivity contribution in [2.45, 2.75) is 12.0 Å². The molecule has 1 aliphatic heterocycles. The van der Waals surface area contributed by atoms with Gasteiger partial charge in [-0.1, -0.05) is 158 Å². The normalized spacial score (nSPS) is 18.2. The van der Waals surface area contributed by atoms with E-state index in [2.05, 4.69) is 170 Å². The molecule has 1 aliphatic carbocycles. The van der Waals surface area contributed by atoms with Gasteiger partial charge >= 0.3 is 0 Å². The van der Waals surface area contributed by atoms with Crippen LogP contribution in [0, 0.1) is 5.92 Å². The van der Waals surface area contributed by atoms with Crippen LogP contribution in [-0.4, -0.2) is 11.5 Å². The zero-order valence-electron chi connectivity index (χ0n) is 26.9. The lowest BCUT2D eigenvalue weighted by atomic mass is 9.91. The topological polar surface area (TPSA) is 24.7 Å². The van der Waals surface area contributed by atoms with E-state index in [1.165, 1.54) is 65.7 Å². The molecule has 10 rings (SSSR count). The van der Waals surface area contributed by atoms with Gasteiger partial charge in [0.25, 0.3) is 0 Å². The summed E-state index contributed by atoms with van der Waals surface area (Å²) >= 11 is 0. The Hall–Kier alpha value is -6.12. The summed E-state index contributed by atoms with van der Waals surface area (Å²) in [5, 5.41) is 7.78. The number of amidine groups is 1. The molecule has 1 heterocycles. The molecule has 8 aromatic rings. The van der Waals surface area contributed by atoms with Crippen LogP contribution in [0.15, 0.2) is 186 Å². The number of rotatable bonds is 5. The Morgan fingerprint density at radius 3 is 1.53 bits per heavy atom. The summed E-state index contributed by atoms with van der Waals surface area (Å²) in [6.07, 6.45) is 0.959. The van der Waals surface area contributed by atoms with Gasteiger partial charge < -0.3 is 0 Å². The van der Waals surface area contributed by atoms with E-state index in [0.717, 1.165) is 23.5 Å². The molecule has 2 unspecified atom stereocenters. The number of fused-ring (bicyclic) bond motifs is 7. The lowest BCUT2D eigenvalue weighted by molar-refractivity contribution is 0.702. The largest absolute Gasteiger partial charge is 0.254 e. The smallest absolute Gasteiger partial charge is 0.155 e. The molecule has 2 nitrogen and oxygen atoms in total. The van der Waals surface area contributed by atoms with Crippen molar-refractivity contribution < 1.29 is 0 Å². The van der Waals surface area contributed by atoms with Crippen LogP contribution in [-0.2, 0) is 5.54 Å². The number of hydrogen-bond donors (Lipinski definition) is 0. The number of hydrogen-bond acceptors (Lipinski definition) is 2. The molecule has 49 heavy (non-hydrogen) atoms. The van der Waals surface area contributed by atoms with Gasteiger partial charge in [0.15, 0.2) is 5.84 Å². The molecule has 8 aromatic carbocycles. The fraction of sp³-hybridized carbons (Fsp3) is 0.0638. The highest BCUT2D eigenvalue weighted by atomic mass is 15.1. The third-order valence-electron chi connectivity index (χ3n) is 10.5. The van der Waals surface area contributed by atoms with Crippen LogP contribution in [0.4, 0.5) is 0 Å². The second-order valence-corrected chi connectivity index (χ2v) is 13.4. The van der Waals surface area contributed by atoms with Gasteiger partial charge in [-0.2, -0.15) is 0 Å². The monoisotopic (exact) mass is 624 g/mol. The number of benzene rings is 8. The molecule has 0 N–H and O–H groups in total. The average molecular weight is 625 g/mol. The van der Waals surface area contributed by atoms with E-state index in [1.807, 2.05) is 6.07 Å². The Kier molecular flexibility index (Phi) is 6.25. The maximum atomic E-state index is 5.41. The minimum atomic E-state index is -0.312. The zero-order chi connectivity index (χ0) is 32.4. The van der Waals surface area contributed by atoms with Gasteiger partial charge in [-0.25, -0.2) is 4.99 Å². The molecule has 0 spiro atoms. The fourth-order valence-electron chi connectivity index (χ4n) is 8.01. The molecule has 1 saturated carbocycles. The van der Waals surface area contributed by atoms with E-state index >= 15 is 0 Å². The molecule has 230 valence electrons. The second kappa shape index (κ2) is 11.0. The first-order valence-electron chi connectivity index (χ1n) is 17.1. The summed E-state index contributed by atoms with van der Waals surface area (Å²) in [6, 6.07) is 63.5. The Labute approximate surface area is 285 Å². The summed E-state index contributed by atoms with van der Waals surface area (Å²) in [5.41, 5.74) is 9.16. The standard InChI is InChI=1S/C47H32N2/c1-3-13-31(14-4-1)45-44-30-47(44,49-46(48-45)32-15-5-2-6-16-32)37-20-12-19-35(28-37)33-17-11-18-34(27-33)36-25-26-42-40-23-8-7-21-38(40)39-22-9-10-24-41(39)43(42)29-36/h1-29,44H,30H2. The van der Waals surface area contributed by atoms with Crippen molar-refractivity contribution in [3.63, 3.8) is 0 Å². The minimum absolute atomic E-state index is 0.257. The molecule has 0 radical (unpaired) electrons. The van der Waals surface area contributed by atoms with E-state index in [9.17, 15) is 0 Å². The Bertz CT molecular complexity index is 2600. The minimum Gasteiger partial charge on any atom is -0.254 e. The SMILES string of the molecule is c1ccc(C2=NC3(c4cccc(-c5cccc(-c6ccc7c8ccccc8c8ccccc8c7c6)c5)c4)CC3C(c3ccccc3)=N2)cc1. The molecule has 2 aliphatic rings. The van der Waals surface area contributed by atoms with Gasteiger partial charge in [-0.3, -0.25) is 4.99 Å². The average Bonchev–Trinajstić information content (AvgIpc) is 3.95. The van der Waals surface area contributed by atoms with E-state index < -0.39 is 0 Å². The van der Waals surface area contributed by atoms with E-state index in [-0.39, 0.29) is 11.5 Å². The van der Waals surface area contributed by atoms with E-state index in [0.29, 0.717) is 0 Å². The number of aliphatic imine (C=N–C) groups is 2. The first-order chi connectivity index (χ1) is 24.2. The lowest BCUT2D eigenvalue weighted by Crippen LogP contribution is -2.22. The highest BCUT2D eigenvalue weighted by Gasteiger charge is 2.60. The van der Waals surface area contributed by atoms with Crippen molar-refractivity contribution in [3.8, 4) is 22.3 Å². The molecular formula is C47H32N2. The van der Waals surface area contributed by atoms with Gasteiger partial charge in [0, 0.05) is 11.5 Å². The van der Waals surface area contributed by atoms with E-state index in [1.54, 1.807) is 0 Å². The van der Waals surface area contributed by atoms with Gasteiger partial charge in [-0.15, -0.1) is 0 Å². The van der Waals surface area contributed by atoms with Crippen LogP contribution in [0.3, 0.4) is 0 Å². The molecule has 2 heteroatoms. The highest BCUT2D eigenvalue weighted by molar-refractivity contribution is 6.25. The van der Waals surface area contributed by atoms with Crippen molar-refractivity contribution in [2.75, 3.05) is 0 Å². The summed E-state index contributed by atoms with van der Waals surface area (Å²) in [4.78, 5) is 10.6. The molecular weight excluding hydrogens is 593 g/mol. The van der Waals surface area contributed by atoms with Crippen molar-refractivity contribution in [2.24, 2.45) is 15.9 Å². The van der Waals surface area contributed by atoms with Crippen molar-refractivity contribution in [1.82, 2.24) is 0 Å². The molecule has 1 fully saturated rings. The summed E-state index contributed by atoms with van der Waals surface area (Å²) < 4.78 is 0. The maximum absolute atomic E-state index is 5.41. The second-order valence-electron chi connectivity index (χ2n) is 13.4. The number of nitrogens with zero attached hydrogens (tertiary/aromatic N) is 2. The zero-order valence-corrected chi connectivity index (χ0v) is 26.9. The first kappa shape index (κ1) is 27.9. The fourth-order valence-corrected chi connectivity index (χ4v) is 8.01. The molecule has 0 amide bonds. The molecule has 0 saturated heterocycles. The summed E-state index contributed by atoms with van der Waals surface area (Å²) in [6.45, 7) is 0. The van der Waals surface area contributed by atoms with Crippen LogP contribution >= 0.6 is 0 Å². The summed E-state index contributed by atoms with van der Waals surface area (Å²) in [5.74, 6) is 1.07. The van der Waals surface area contributed by atoms with E-state index in [4.69, 9.17) is 9.98 Å². The Morgan fingerprint density at radius 1 is 0.388 bits per heavy atom. The molecule has 0 aromatic heterocycles. The Balaban J connectivity index is 1.06. The van der Waals surface area contributed by atoms with Crippen molar-refractivity contribution >= 4 is 43.9 Å². The predicted molar refractivity (Wildman–Crippen MR) is 206 cm³/mol. The van der Waals surface area contributed by atoms with Crippen LogP contribution in [0.1, 0.15) is 23.1 Å². The van der Waals surface area contributed by atoms with Crippen molar-refractivity contribution in [3.05, 3.63) is 193 Å². The third kappa shape index (κ3) is 4.56. The Morgan fingerprint density at radius 2 is 0.878 bits per heavy atom. The van der Waals surface area contributed by atoms with Gasteiger partial charge in [0.05, 0.1) is 11.3 Å². The van der Waals surface area contributed by atoms with Crippen LogP contribution in [0.5, 0.6) is 0 Å². The first-order valence-corrected chi connectivity index (χ1v) is 17.1. The maximum Gasteiger partial charge on any atom is 0.155 e. The lowest BCUT2D eigenvalue weighted by Gasteiger charge is -2.22. The quantitative estimate of drug-likeness (QED) is 0.170. The van der Waals surface area contributed by atoms with Gasteiger partial charge in [0.1, 0.15) is 0 Å². The van der Waals surface area contributed by atoms with Crippen LogP contribution < -0.4 is 0 Å². The van der Waals surface area contributed by atoms with Gasteiger partial charge in [-0.05, 0) is 90.3 Å². The molecule has 0 bridgehead atoms. The third-order valence-corrected chi connectivity index (χ3v) is 10.5. The van der Waals surface area contributed by atoms with Crippen LogP contribution in [0.2, 0.25) is 0 Å².